The highest BCUT2D eigenvalue weighted by Crippen LogP contribution is 2.21. The molecule has 1 amide bonds. The normalized spacial score (nSPS) is 10.4. The zero-order chi connectivity index (χ0) is 14.9. The Hall–Kier alpha value is -2.23. The van der Waals surface area contributed by atoms with Crippen LogP contribution in [-0.4, -0.2) is 13.0 Å². The third-order valence-corrected chi connectivity index (χ3v) is 3.34. The van der Waals surface area contributed by atoms with Crippen LogP contribution in [-0.2, 0) is 0 Å². The Balaban J connectivity index is 2.37. The number of rotatable bonds is 2. The summed E-state index contributed by atoms with van der Waals surface area (Å²) in [5.74, 6) is -1.94. The molecule has 0 atom stereocenters. The van der Waals surface area contributed by atoms with Crippen molar-refractivity contribution in [2.45, 2.75) is 13.8 Å². The van der Waals surface area contributed by atoms with E-state index in [1.54, 1.807) is 6.07 Å². The van der Waals surface area contributed by atoms with Gasteiger partial charge >= 0.3 is 0 Å². The van der Waals surface area contributed by atoms with Crippen molar-refractivity contribution in [1.29, 1.82) is 0 Å². The maximum absolute atomic E-state index is 13.6. The lowest BCUT2D eigenvalue weighted by atomic mass is 10.1. The van der Waals surface area contributed by atoms with E-state index in [0.29, 0.717) is 5.69 Å². The largest absolute Gasteiger partial charge is 0.311 e. The molecule has 20 heavy (non-hydrogen) atoms. The van der Waals surface area contributed by atoms with E-state index < -0.39 is 17.5 Å². The summed E-state index contributed by atoms with van der Waals surface area (Å²) in [7, 11) is 1.54. The molecule has 0 radical (unpaired) electrons. The zero-order valence-electron chi connectivity index (χ0n) is 11.6. The third kappa shape index (κ3) is 2.69. The van der Waals surface area contributed by atoms with E-state index in [1.807, 2.05) is 26.0 Å². The molecule has 0 aliphatic heterocycles. The Morgan fingerprint density at radius 1 is 1.00 bits per heavy atom. The summed E-state index contributed by atoms with van der Waals surface area (Å²) >= 11 is 0. The minimum absolute atomic E-state index is 0.272. The first kappa shape index (κ1) is 14.2. The number of anilines is 1. The molecule has 0 aromatic heterocycles. The van der Waals surface area contributed by atoms with Crippen LogP contribution in [0.1, 0.15) is 21.5 Å². The van der Waals surface area contributed by atoms with E-state index in [4.69, 9.17) is 0 Å². The van der Waals surface area contributed by atoms with Gasteiger partial charge in [0.15, 0.2) is 0 Å². The highest BCUT2D eigenvalue weighted by molar-refractivity contribution is 6.05. The molecule has 0 aliphatic carbocycles. The van der Waals surface area contributed by atoms with Gasteiger partial charge in [0.1, 0.15) is 11.6 Å². The molecule has 2 aromatic carbocycles. The molecular formula is C16H15F2NO. The summed E-state index contributed by atoms with van der Waals surface area (Å²) in [6.45, 7) is 3.90. The number of halogens is 2. The fourth-order valence-corrected chi connectivity index (χ4v) is 1.89. The molecule has 0 spiro atoms. The predicted molar refractivity (Wildman–Crippen MR) is 75.0 cm³/mol. The number of hydrogen-bond donors (Lipinski definition) is 0. The Morgan fingerprint density at radius 2 is 1.70 bits per heavy atom. The maximum atomic E-state index is 13.6. The molecule has 0 saturated heterocycles. The minimum Gasteiger partial charge on any atom is -0.311 e. The molecule has 104 valence electrons. The van der Waals surface area contributed by atoms with Crippen molar-refractivity contribution < 1.29 is 13.6 Å². The topological polar surface area (TPSA) is 20.3 Å². The molecule has 4 heteroatoms. The molecule has 2 rings (SSSR count). The number of nitrogens with zero attached hydrogens (tertiary/aromatic N) is 1. The number of carbonyl (C=O) groups is 1. The Morgan fingerprint density at radius 3 is 2.35 bits per heavy atom. The first-order valence-corrected chi connectivity index (χ1v) is 6.20. The predicted octanol–water partition coefficient (Wildman–Crippen LogP) is 3.86. The van der Waals surface area contributed by atoms with E-state index >= 15 is 0 Å². The van der Waals surface area contributed by atoms with Crippen molar-refractivity contribution in [3.8, 4) is 0 Å². The van der Waals surface area contributed by atoms with Crippen LogP contribution in [0.4, 0.5) is 14.5 Å². The first-order valence-electron chi connectivity index (χ1n) is 6.20. The molecule has 0 heterocycles. The van der Waals surface area contributed by atoms with Gasteiger partial charge in [-0.05, 0) is 55.3 Å². The van der Waals surface area contributed by atoms with Crippen LogP contribution >= 0.6 is 0 Å². The van der Waals surface area contributed by atoms with Crippen LogP contribution in [0.2, 0.25) is 0 Å². The SMILES string of the molecule is Cc1ccc(N(C)C(=O)c2cc(F)ccc2F)cc1C. The van der Waals surface area contributed by atoms with Gasteiger partial charge in [-0.25, -0.2) is 8.78 Å². The molecule has 0 bridgehead atoms. The standard InChI is InChI=1S/C16H15F2NO/c1-10-4-6-13(8-11(10)2)19(3)16(20)14-9-12(17)5-7-15(14)18/h4-9H,1-3H3. The molecule has 0 saturated carbocycles. The second kappa shape index (κ2) is 5.41. The van der Waals surface area contributed by atoms with Gasteiger partial charge in [0.25, 0.3) is 5.91 Å². The smallest absolute Gasteiger partial charge is 0.261 e. The van der Waals surface area contributed by atoms with Crippen molar-refractivity contribution in [2.75, 3.05) is 11.9 Å². The molecular weight excluding hydrogens is 260 g/mol. The molecule has 0 fully saturated rings. The second-order valence-corrected chi connectivity index (χ2v) is 4.76. The van der Waals surface area contributed by atoms with Crippen LogP contribution < -0.4 is 4.90 Å². The van der Waals surface area contributed by atoms with Crippen LogP contribution in [0.3, 0.4) is 0 Å². The van der Waals surface area contributed by atoms with Gasteiger partial charge in [-0.15, -0.1) is 0 Å². The fraction of sp³-hybridized carbons (Fsp3) is 0.188. The number of benzene rings is 2. The molecule has 0 aliphatic rings. The van der Waals surface area contributed by atoms with E-state index in [-0.39, 0.29) is 5.56 Å². The number of aryl methyl sites for hydroxylation is 2. The lowest BCUT2D eigenvalue weighted by molar-refractivity contribution is 0.0988. The van der Waals surface area contributed by atoms with Crippen molar-refractivity contribution in [1.82, 2.24) is 0 Å². The fourth-order valence-electron chi connectivity index (χ4n) is 1.89. The van der Waals surface area contributed by atoms with Gasteiger partial charge in [0.05, 0.1) is 5.56 Å². The van der Waals surface area contributed by atoms with Crippen LogP contribution in [0.25, 0.3) is 0 Å². The Kier molecular flexibility index (Phi) is 3.84. The lowest BCUT2D eigenvalue weighted by Gasteiger charge is -2.19. The Labute approximate surface area is 116 Å². The van der Waals surface area contributed by atoms with Gasteiger partial charge in [0, 0.05) is 12.7 Å². The summed E-state index contributed by atoms with van der Waals surface area (Å²) in [6.07, 6.45) is 0. The zero-order valence-corrected chi connectivity index (χ0v) is 11.6. The number of carbonyl (C=O) groups excluding carboxylic acids is 1. The summed E-state index contributed by atoms with van der Waals surface area (Å²) in [5, 5.41) is 0. The quantitative estimate of drug-likeness (QED) is 0.815. The monoisotopic (exact) mass is 275 g/mol. The van der Waals surface area contributed by atoms with Crippen molar-refractivity contribution in [3.63, 3.8) is 0 Å². The lowest BCUT2D eigenvalue weighted by Crippen LogP contribution is -2.27. The third-order valence-electron chi connectivity index (χ3n) is 3.34. The maximum Gasteiger partial charge on any atom is 0.261 e. The van der Waals surface area contributed by atoms with Crippen molar-refractivity contribution in [2.24, 2.45) is 0 Å². The van der Waals surface area contributed by atoms with E-state index in [2.05, 4.69) is 0 Å². The first-order chi connectivity index (χ1) is 9.40. The average molecular weight is 275 g/mol. The van der Waals surface area contributed by atoms with Crippen molar-refractivity contribution in [3.05, 3.63) is 64.7 Å². The van der Waals surface area contributed by atoms with Gasteiger partial charge in [0.2, 0.25) is 0 Å². The van der Waals surface area contributed by atoms with Gasteiger partial charge in [-0.2, -0.15) is 0 Å². The number of hydrogen-bond acceptors (Lipinski definition) is 1. The highest BCUT2D eigenvalue weighted by Gasteiger charge is 2.18. The summed E-state index contributed by atoms with van der Waals surface area (Å²) in [4.78, 5) is 13.5. The second-order valence-electron chi connectivity index (χ2n) is 4.76. The summed E-state index contributed by atoms with van der Waals surface area (Å²) in [5.41, 5.74) is 2.50. The van der Waals surface area contributed by atoms with Gasteiger partial charge in [-0.3, -0.25) is 4.79 Å². The van der Waals surface area contributed by atoms with Crippen LogP contribution in [0.5, 0.6) is 0 Å². The van der Waals surface area contributed by atoms with E-state index in [9.17, 15) is 13.6 Å². The van der Waals surface area contributed by atoms with Crippen molar-refractivity contribution >= 4 is 11.6 Å². The summed E-state index contributed by atoms with van der Waals surface area (Å²) in [6, 6.07) is 8.35. The number of amides is 1. The molecule has 0 N–H and O–H groups in total. The minimum atomic E-state index is -0.730. The van der Waals surface area contributed by atoms with Gasteiger partial charge in [-0.1, -0.05) is 6.07 Å². The van der Waals surface area contributed by atoms with Crippen LogP contribution in [0.15, 0.2) is 36.4 Å². The van der Waals surface area contributed by atoms with E-state index in [0.717, 1.165) is 29.3 Å². The van der Waals surface area contributed by atoms with Crippen LogP contribution in [0, 0.1) is 25.5 Å². The van der Waals surface area contributed by atoms with E-state index in [1.165, 1.54) is 11.9 Å². The molecule has 0 unspecified atom stereocenters. The molecule has 2 nitrogen and oxygen atoms in total. The highest BCUT2D eigenvalue weighted by atomic mass is 19.1. The molecule has 2 aromatic rings. The Bertz CT molecular complexity index is 668. The average Bonchev–Trinajstić information content (AvgIpc) is 2.43. The van der Waals surface area contributed by atoms with Gasteiger partial charge < -0.3 is 4.90 Å². The summed E-state index contributed by atoms with van der Waals surface area (Å²) < 4.78 is 26.8.